The summed E-state index contributed by atoms with van der Waals surface area (Å²) in [5, 5.41) is 2.98. The number of nitrogens with one attached hydrogen (secondary N) is 1. The summed E-state index contributed by atoms with van der Waals surface area (Å²) in [6.45, 7) is 9.26. The lowest BCUT2D eigenvalue weighted by Crippen LogP contribution is -2.41. The van der Waals surface area contributed by atoms with Crippen LogP contribution in [-0.4, -0.2) is 19.1 Å². The van der Waals surface area contributed by atoms with Crippen molar-refractivity contribution in [2.45, 2.75) is 39.7 Å². The van der Waals surface area contributed by atoms with Crippen LogP contribution in [0.4, 0.5) is 0 Å². The van der Waals surface area contributed by atoms with E-state index < -0.39 is 5.54 Å². The van der Waals surface area contributed by atoms with Crippen molar-refractivity contribution in [3.63, 3.8) is 0 Å². The van der Waals surface area contributed by atoms with Gasteiger partial charge >= 0.3 is 0 Å². The van der Waals surface area contributed by atoms with E-state index in [0.29, 0.717) is 25.5 Å². The van der Waals surface area contributed by atoms with Crippen molar-refractivity contribution in [2.24, 2.45) is 11.7 Å². The minimum atomic E-state index is -0.414. The minimum absolute atomic E-state index is 0.0300. The first-order valence-corrected chi connectivity index (χ1v) is 7.09. The van der Waals surface area contributed by atoms with Crippen molar-refractivity contribution in [3.05, 3.63) is 29.8 Å². The van der Waals surface area contributed by atoms with Crippen molar-refractivity contribution >= 4 is 5.91 Å². The van der Waals surface area contributed by atoms with Gasteiger partial charge in [-0.15, -0.1) is 0 Å². The lowest BCUT2D eigenvalue weighted by atomic mass is 9.94. The molecule has 0 saturated carbocycles. The number of nitrogens with two attached hydrogens (primary N) is 1. The van der Waals surface area contributed by atoms with Crippen molar-refractivity contribution in [3.8, 4) is 5.75 Å². The molecule has 0 bridgehead atoms. The Bertz CT molecular complexity index is 425. The average molecular weight is 278 g/mol. The molecule has 0 atom stereocenters. The summed E-state index contributed by atoms with van der Waals surface area (Å²) in [6, 6.07) is 7.85. The Kier molecular flexibility index (Phi) is 6.02. The van der Waals surface area contributed by atoms with Crippen LogP contribution in [0.25, 0.3) is 0 Å². The number of carbonyl (C=O) groups is 1. The first kappa shape index (κ1) is 16.5. The summed E-state index contributed by atoms with van der Waals surface area (Å²) >= 11 is 0. The molecule has 0 heterocycles. The number of carbonyl (C=O) groups excluding carboxylic acids is 1. The fraction of sp³-hybridized carbons (Fsp3) is 0.562. The van der Waals surface area contributed by atoms with Gasteiger partial charge in [0.2, 0.25) is 5.91 Å². The smallest absolute Gasteiger partial charge is 0.221 e. The third kappa shape index (κ3) is 5.21. The van der Waals surface area contributed by atoms with E-state index in [4.69, 9.17) is 10.5 Å². The Morgan fingerprint density at radius 2 is 1.90 bits per heavy atom. The molecule has 4 nitrogen and oxygen atoms in total. The van der Waals surface area contributed by atoms with Gasteiger partial charge in [0.1, 0.15) is 5.75 Å². The maximum atomic E-state index is 11.7. The van der Waals surface area contributed by atoms with E-state index in [0.717, 1.165) is 11.3 Å². The normalized spacial score (nSPS) is 11.5. The lowest BCUT2D eigenvalue weighted by Gasteiger charge is -2.27. The molecule has 0 spiro atoms. The number of hydrogen-bond donors (Lipinski definition) is 2. The van der Waals surface area contributed by atoms with Crippen LogP contribution in [0, 0.1) is 5.92 Å². The molecule has 1 aromatic rings. The van der Waals surface area contributed by atoms with E-state index in [1.165, 1.54) is 0 Å². The number of amides is 1. The van der Waals surface area contributed by atoms with E-state index in [9.17, 15) is 4.79 Å². The van der Waals surface area contributed by atoms with Gasteiger partial charge in [0.25, 0.3) is 0 Å². The largest absolute Gasteiger partial charge is 0.493 e. The number of rotatable bonds is 7. The zero-order valence-electron chi connectivity index (χ0n) is 12.9. The maximum Gasteiger partial charge on any atom is 0.221 e. The van der Waals surface area contributed by atoms with Gasteiger partial charge < -0.3 is 15.8 Å². The molecule has 20 heavy (non-hydrogen) atoms. The van der Waals surface area contributed by atoms with Gasteiger partial charge in [-0.2, -0.15) is 0 Å². The van der Waals surface area contributed by atoms with Gasteiger partial charge in [-0.25, -0.2) is 0 Å². The van der Waals surface area contributed by atoms with Crippen molar-refractivity contribution in [1.82, 2.24) is 5.32 Å². The van der Waals surface area contributed by atoms with E-state index in [2.05, 4.69) is 19.2 Å². The molecule has 1 aromatic carbocycles. The predicted octanol–water partition coefficient (Wildman–Crippen LogP) is 2.42. The second kappa shape index (κ2) is 7.29. The Labute approximate surface area is 121 Å². The lowest BCUT2D eigenvalue weighted by molar-refractivity contribution is -0.122. The van der Waals surface area contributed by atoms with Crippen LogP contribution in [-0.2, 0) is 10.3 Å². The first-order valence-electron chi connectivity index (χ1n) is 7.09. The molecule has 1 amide bonds. The molecule has 0 radical (unpaired) electrons. The summed E-state index contributed by atoms with van der Waals surface area (Å²) in [5.74, 6) is 1.32. The molecule has 0 fully saturated rings. The SMILES string of the molecule is CC(C)COc1ccc(C(C)(C)NC(=O)CCN)cc1. The Balaban J connectivity index is 2.68. The van der Waals surface area contributed by atoms with E-state index in [-0.39, 0.29) is 5.91 Å². The zero-order chi connectivity index (χ0) is 15.2. The van der Waals surface area contributed by atoms with Crippen molar-refractivity contribution in [2.75, 3.05) is 13.2 Å². The maximum absolute atomic E-state index is 11.7. The van der Waals surface area contributed by atoms with Gasteiger partial charge in [-0.1, -0.05) is 26.0 Å². The summed E-state index contributed by atoms with van der Waals surface area (Å²) in [7, 11) is 0. The topological polar surface area (TPSA) is 64.3 Å². The summed E-state index contributed by atoms with van der Waals surface area (Å²) in [6.07, 6.45) is 0.346. The number of benzene rings is 1. The monoisotopic (exact) mass is 278 g/mol. The van der Waals surface area contributed by atoms with Gasteiger partial charge in [-0.3, -0.25) is 4.79 Å². The summed E-state index contributed by atoms with van der Waals surface area (Å²) in [5.41, 5.74) is 6.01. The molecule has 0 aliphatic rings. The van der Waals surface area contributed by atoms with Gasteiger partial charge in [0.15, 0.2) is 0 Å². The predicted molar refractivity (Wildman–Crippen MR) is 81.6 cm³/mol. The average Bonchev–Trinajstić information content (AvgIpc) is 2.36. The minimum Gasteiger partial charge on any atom is -0.493 e. The Hall–Kier alpha value is -1.55. The summed E-state index contributed by atoms with van der Waals surface area (Å²) < 4.78 is 5.65. The van der Waals surface area contributed by atoms with Crippen molar-refractivity contribution in [1.29, 1.82) is 0 Å². The van der Waals surface area contributed by atoms with Crippen LogP contribution in [0.15, 0.2) is 24.3 Å². The van der Waals surface area contributed by atoms with Crippen LogP contribution >= 0.6 is 0 Å². The van der Waals surface area contributed by atoms with Gasteiger partial charge in [0, 0.05) is 13.0 Å². The molecule has 0 saturated heterocycles. The first-order chi connectivity index (χ1) is 9.35. The molecule has 0 aliphatic heterocycles. The zero-order valence-corrected chi connectivity index (χ0v) is 12.9. The highest BCUT2D eigenvalue weighted by Gasteiger charge is 2.22. The van der Waals surface area contributed by atoms with E-state index in [1.54, 1.807) is 0 Å². The Morgan fingerprint density at radius 1 is 1.30 bits per heavy atom. The van der Waals surface area contributed by atoms with Crippen LogP contribution in [0.5, 0.6) is 5.75 Å². The van der Waals surface area contributed by atoms with E-state index >= 15 is 0 Å². The van der Waals surface area contributed by atoms with Crippen LogP contribution < -0.4 is 15.8 Å². The fourth-order valence-electron chi connectivity index (χ4n) is 1.85. The fourth-order valence-corrected chi connectivity index (χ4v) is 1.85. The second-order valence-corrected chi connectivity index (χ2v) is 5.94. The highest BCUT2D eigenvalue weighted by molar-refractivity contribution is 5.77. The number of hydrogen-bond acceptors (Lipinski definition) is 3. The third-order valence-corrected chi connectivity index (χ3v) is 2.98. The van der Waals surface area contributed by atoms with Gasteiger partial charge in [-0.05, 0) is 37.5 Å². The molecular weight excluding hydrogens is 252 g/mol. The van der Waals surface area contributed by atoms with Crippen molar-refractivity contribution < 1.29 is 9.53 Å². The highest BCUT2D eigenvalue weighted by atomic mass is 16.5. The van der Waals surface area contributed by atoms with E-state index in [1.807, 2.05) is 38.1 Å². The third-order valence-electron chi connectivity index (χ3n) is 2.98. The van der Waals surface area contributed by atoms with Gasteiger partial charge in [0.05, 0.1) is 12.1 Å². The quantitative estimate of drug-likeness (QED) is 0.805. The molecule has 1 rings (SSSR count). The molecular formula is C16H26N2O2. The second-order valence-electron chi connectivity index (χ2n) is 5.94. The molecule has 3 N–H and O–H groups in total. The molecule has 112 valence electrons. The summed E-state index contributed by atoms with van der Waals surface area (Å²) in [4.78, 5) is 11.7. The molecule has 0 unspecified atom stereocenters. The highest BCUT2D eigenvalue weighted by Crippen LogP contribution is 2.23. The molecule has 4 heteroatoms. The molecule has 0 aromatic heterocycles. The van der Waals surface area contributed by atoms with Crippen LogP contribution in [0.2, 0.25) is 0 Å². The molecule has 0 aliphatic carbocycles. The Morgan fingerprint density at radius 3 is 2.40 bits per heavy atom. The number of ether oxygens (including phenoxy) is 1. The van der Waals surface area contributed by atoms with Crippen LogP contribution in [0.1, 0.15) is 39.7 Å². The van der Waals surface area contributed by atoms with Crippen LogP contribution in [0.3, 0.4) is 0 Å². The standard InChI is InChI=1S/C16H26N2O2/c1-12(2)11-20-14-7-5-13(6-8-14)16(3,4)18-15(19)9-10-17/h5-8,12H,9-11,17H2,1-4H3,(H,18,19).